The second-order valence-electron chi connectivity index (χ2n) is 12.2. The Hall–Kier alpha value is -2.73. The zero-order valence-corrected chi connectivity index (χ0v) is 25.9. The minimum Gasteiger partial charge on any atom is -0.339 e. The third kappa shape index (κ3) is 9.72. The van der Waals surface area contributed by atoms with E-state index in [4.69, 9.17) is 4.98 Å². The number of hydrogen-bond donors (Lipinski definition) is 0. The van der Waals surface area contributed by atoms with Gasteiger partial charge < -0.3 is 14.4 Å². The number of allylic oxidation sites excluding steroid dienone is 3. The summed E-state index contributed by atoms with van der Waals surface area (Å²) in [5, 5.41) is 0. The maximum absolute atomic E-state index is 13.8. The fourth-order valence-corrected chi connectivity index (χ4v) is 5.47. The molecule has 1 fully saturated rings. The molecule has 0 atom stereocenters. The molecule has 1 saturated heterocycles. The van der Waals surface area contributed by atoms with Crippen molar-refractivity contribution >= 4 is 23.2 Å². The summed E-state index contributed by atoms with van der Waals surface area (Å²) in [5.41, 5.74) is 3.96. The topological polar surface area (TPSA) is 53.7 Å². The Morgan fingerprint density at radius 1 is 1.07 bits per heavy atom. The summed E-state index contributed by atoms with van der Waals surface area (Å²) < 4.78 is 2.37. The lowest BCUT2D eigenvalue weighted by molar-refractivity contribution is 0.0741. The molecule has 40 heavy (non-hydrogen) atoms. The van der Waals surface area contributed by atoms with Gasteiger partial charge in [0.2, 0.25) is 0 Å². The van der Waals surface area contributed by atoms with Crippen LogP contribution in [0.3, 0.4) is 0 Å². The van der Waals surface area contributed by atoms with Crippen molar-refractivity contribution in [2.24, 2.45) is 16.8 Å². The van der Waals surface area contributed by atoms with Gasteiger partial charge in [-0.15, -0.1) is 0 Å². The number of nitrogens with zero attached hydrogens (tertiary/aromatic N) is 5. The lowest BCUT2D eigenvalue weighted by Crippen LogP contribution is -2.34. The predicted molar refractivity (Wildman–Crippen MR) is 170 cm³/mol. The molecular weight excluding hydrogens is 494 g/mol. The van der Waals surface area contributed by atoms with Gasteiger partial charge in [-0.1, -0.05) is 52.8 Å². The van der Waals surface area contributed by atoms with E-state index in [9.17, 15) is 4.79 Å². The van der Waals surface area contributed by atoms with Crippen LogP contribution in [0.4, 0.5) is 0 Å². The van der Waals surface area contributed by atoms with Crippen LogP contribution in [0.5, 0.6) is 0 Å². The predicted octanol–water partition coefficient (Wildman–Crippen LogP) is 7.19. The number of aliphatic imine (C=N–C) groups is 1. The Morgan fingerprint density at radius 2 is 1.77 bits per heavy atom. The average molecular weight is 548 g/mol. The molecule has 1 aromatic carbocycles. The van der Waals surface area contributed by atoms with Crippen molar-refractivity contribution in [1.29, 1.82) is 0 Å². The molecule has 220 valence electrons. The van der Waals surface area contributed by atoms with Crippen molar-refractivity contribution < 1.29 is 4.79 Å². The van der Waals surface area contributed by atoms with Crippen molar-refractivity contribution in [3.63, 3.8) is 0 Å². The van der Waals surface area contributed by atoms with Gasteiger partial charge in [-0.3, -0.25) is 9.79 Å². The zero-order chi connectivity index (χ0) is 28.9. The van der Waals surface area contributed by atoms with E-state index in [1.54, 1.807) is 7.05 Å². The Labute approximate surface area is 243 Å². The first-order valence-corrected chi connectivity index (χ1v) is 15.6. The van der Waals surface area contributed by atoms with E-state index in [-0.39, 0.29) is 5.91 Å². The van der Waals surface area contributed by atoms with Crippen LogP contribution in [-0.2, 0) is 13.0 Å². The molecule has 0 saturated carbocycles. The largest absolute Gasteiger partial charge is 0.339 e. The molecule has 1 aromatic heterocycles. The van der Waals surface area contributed by atoms with Gasteiger partial charge in [-0.2, -0.15) is 0 Å². The number of hydrogen-bond acceptors (Lipinski definition) is 4. The normalized spacial score (nSPS) is 15.1. The van der Waals surface area contributed by atoms with E-state index >= 15 is 0 Å². The van der Waals surface area contributed by atoms with Crippen LogP contribution in [0.1, 0.15) is 88.8 Å². The molecule has 1 aliphatic rings. The fraction of sp³-hybridized carbons (Fsp3) is 0.618. The molecule has 0 N–H and O–H groups in total. The molecule has 6 heteroatoms. The maximum atomic E-state index is 13.8. The molecule has 0 bridgehead atoms. The Balaban J connectivity index is 1.88. The zero-order valence-electron chi connectivity index (χ0n) is 25.9. The Bertz CT molecular complexity index is 1120. The van der Waals surface area contributed by atoms with Gasteiger partial charge in [0.05, 0.1) is 11.0 Å². The van der Waals surface area contributed by atoms with Gasteiger partial charge in [0.15, 0.2) is 0 Å². The lowest BCUT2D eigenvalue weighted by atomic mass is 10.1. The van der Waals surface area contributed by atoms with E-state index in [1.807, 2.05) is 30.5 Å². The smallest absolute Gasteiger partial charge is 0.253 e. The van der Waals surface area contributed by atoms with E-state index in [1.165, 1.54) is 32.4 Å². The number of fused-ring (bicyclic) bond motifs is 1. The molecule has 1 amide bonds. The summed E-state index contributed by atoms with van der Waals surface area (Å²) in [7, 11) is 1.80. The number of benzene rings is 1. The molecule has 0 aliphatic carbocycles. The first kappa shape index (κ1) is 31.8. The third-order valence-corrected chi connectivity index (χ3v) is 7.88. The first-order chi connectivity index (χ1) is 19.3. The molecule has 2 heterocycles. The highest BCUT2D eigenvalue weighted by Crippen LogP contribution is 2.23. The number of likely N-dealkylation sites (tertiary alicyclic amines) is 1. The minimum atomic E-state index is 0.140. The summed E-state index contributed by atoms with van der Waals surface area (Å²) in [6.07, 6.45) is 14.5. The second-order valence-corrected chi connectivity index (χ2v) is 12.2. The molecular formula is C34H53N5O. The van der Waals surface area contributed by atoms with Gasteiger partial charge in [-0.05, 0) is 93.8 Å². The van der Waals surface area contributed by atoms with E-state index in [0.717, 1.165) is 86.3 Å². The van der Waals surface area contributed by atoms with Crippen LogP contribution in [-0.4, -0.2) is 71.2 Å². The number of carbonyl (C=O) groups excluding carboxylic acids is 1. The van der Waals surface area contributed by atoms with Crippen LogP contribution >= 0.6 is 0 Å². The highest BCUT2D eigenvalue weighted by atomic mass is 16.2. The molecule has 2 aromatic rings. The van der Waals surface area contributed by atoms with E-state index in [0.29, 0.717) is 11.8 Å². The summed E-state index contributed by atoms with van der Waals surface area (Å²) in [4.78, 5) is 27.7. The van der Waals surface area contributed by atoms with Crippen LogP contribution in [0.2, 0.25) is 0 Å². The standard InChI is InChI=1S/C34H53N5O/c1-7-12-29(26-35-6)13-16-33-36-31-15-14-30(34(40)38(23-17-27(2)3)24-18-28(4)5)25-32(31)39(33)22-11-21-37-19-9-8-10-20-37/h7,12,14-15,25-28H,1,8-11,13,16-24H2,2-6H3/b29-12-,35-26-. The number of aryl methyl sites for hydroxylation is 2. The highest BCUT2D eigenvalue weighted by Gasteiger charge is 2.20. The Kier molecular flexibility index (Phi) is 13.1. The number of carbonyl (C=O) groups is 1. The number of piperidine rings is 1. The van der Waals surface area contributed by atoms with Gasteiger partial charge in [0.25, 0.3) is 5.91 Å². The summed E-state index contributed by atoms with van der Waals surface area (Å²) in [6, 6.07) is 6.12. The van der Waals surface area contributed by atoms with E-state index in [2.05, 4.69) is 59.7 Å². The van der Waals surface area contributed by atoms with Crippen LogP contribution in [0.15, 0.2) is 47.5 Å². The van der Waals surface area contributed by atoms with E-state index < -0.39 is 0 Å². The molecule has 0 radical (unpaired) electrons. The van der Waals surface area contributed by atoms with Crippen LogP contribution in [0, 0.1) is 11.8 Å². The summed E-state index contributed by atoms with van der Waals surface area (Å²) >= 11 is 0. The average Bonchev–Trinajstić information content (AvgIpc) is 3.28. The SMILES string of the molecule is C=C/C=C(\C=N/C)CCc1nc2ccc(C(=O)N(CCC(C)C)CCC(C)C)cc2n1CCCN1CCCCC1. The lowest BCUT2D eigenvalue weighted by Gasteiger charge is -2.26. The molecule has 1 aliphatic heterocycles. The highest BCUT2D eigenvalue weighted by molar-refractivity contribution is 5.97. The van der Waals surface area contributed by atoms with Gasteiger partial charge in [0, 0.05) is 44.9 Å². The molecule has 0 spiro atoms. The molecule has 6 nitrogen and oxygen atoms in total. The first-order valence-electron chi connectivity index (χ1n) is 15.6. The molecule has 3 rings (SSSR count). The summed E-state index contributed by atoms with van der Waals surface area (Å²) in [5.74, 6) is 2.35. The quantitative estimate of drug-likeness (QED) is 0.165. The number of aromatic nitrogens is 2. The second kappa shape index (κ2) is 16.5. The third-order valence-electron chi connectivity index (χ3n) is 7.88. The minimum absolute atomic E-state index is 0.140. The van der Waals surface area contributed by atoms with Crippen LogP contribution < -0.4 is 0 Å². The monoisotopic (exact) mass is 547 g/mol. The van der Waals surface area contributed by atoms with Gasteiger partial charge in [-0.25, -0.2) is 4.98 Å². The summed E-state index contributed by atoms with van der Waals surface area (Å²) in [6.45, 7) is 18.8. The van der Waals surface area contributed by atoms with Gasteiger partial charge in [0.1, 0.15) is 5.82 Å². The fourth-order valence-electron chi connectivity index (χ4n) is 5.47. The maximum Gasteiger partial charge on any atom is 0.253 e. The Morgan fingerprint density at radius 3 is 2.40 bits per heavy atom. The van der Waals surface area contributed by atoms with Crippen molar-refractivity contribution in [2.45, 2.75) is 85.6 Å². The van der Waals surface area contributed by atoms with Gasteiger partial charge >= 0.3 is 0 Å². The van der Waals surface area contributed by atoms with Crippen molar-refractivity contribution in [2.75, 3.05) is 39.8 Å². The van der Waals surface area contributed by atoms with Crippen molar-refractivity contribution in [3.05, 3.63) is 53.9 Å². The van der Waals surface area contributed by atoms with Crippen molar-refractivity contribution in [3.8, 4) is 0 Å². The van der Waals surface area contributed by atoms with Crippen molar-refractivity contribution in [1.82, 2.24) is 19.4 Å². The number of amides is 1. The van der Waals surface area contributed by atoms with Crippen LogP contribution in [0.25, 0.3) is 11.0 Å². The number of rotatable bonds is 16. The number of imidazole rings is 1. The molecule has 0 unspecified atom stereocenters.